The van der Waals surface area contributed by atoms with E-state index in [1.54, 1.807) is 18.2 Å². The molecule has 0 fully saturated rings. The van der Waals surface area contributed by atoms with Crippen LogP contribution < -0.4 is 11.1 Å². The average Bonchev–Trinajstić information content (AvgIpc) is 2.44. The number of nitrogens with zero attached hydrogens (tertiary/aromatic N) is 1. The molecule has 0 saturated heterocycles. The monoisotopic (exact) mass is 273 g/mol. The number of benzene rings is 1. The fraction of sp³-hybridized carbons (Fsp3) is 0.143. The summed E-state index contributed by atoms with van der Waals surface area (Å²) < 4.78 is 0. The second-order valence-corrected chi connectivity index (χ2v) is 4.34. The van der Waals surface area contributed by atoms with Crippen LogP contribution in [-0.2, 0) is 11.2 Å². The number of aromatic hydroxyl groups is 2. The lowest BCUT2D eigenvalue weighted by Crippen LogP contribution is -2.37. The van der Waals surface area contributed by atoms with Crippen LogP contribution in [0.3, 0.4) is 0 Å². The van der Waals surface area contributed by atoms with Crippen LogP contribution in [0.25, 0.3) is 0 Å². The Bertz CT molecular complexity index is 599. The van der Waals surface area contributed by atoms with Gasteiger partial charge in [-0.2, -0.15) is 0 Å². The lowest BCUT2D eigenvalue weighted by Gasteiger charge is -2.12. The van der Waals surface area contributed by atoms with Gasteiger partial charge in [0.15, 0.2) is 11.6 Å². The maximum atomic E-state index is 11.9. The summed E-state index contributed by atoms with van der Waals surface area (Å²) in [4.78, 5) is 15.7. The Hall–Kier alpha value is -2.60. The number of hydrogen-bond acceptors (Lipinski definition) is 5. The van der Waals surface area contributed by atoms with Gasteiger partial charge in [0, 0.05) is 6.20 Å². The van der Waals surface area contributed by atoms with Gasteiger partial charge in [-0.15, -0.1) is 0 Å². The molecule has 0 bridgehead atoms. The topological polar surface area (TPSA) is 108 Å². The van der Waals surface area contributed by atoms with Gasteiger partial charge < -0.3 is 21.3 Å². The fourth-order valence-electron chi connectivity index (χ4n) is 1.68. The number of carbonyl (C=O) groups excluding carboxylic acids is 1. The molecular weight excluding hydrogens is 258 g/mol. The maximum absolute atomic E-state index is 11.9. The molecule has 6 heteroatoms. The van der Waals surface area contributed by atoms with Crippen molar-refractivity contribution in [3.05, 3.63) is 48.2 Å². The molecule has 2 aromatic rings. The van der Waals surface area contributed by atoms with E-state index in [0.29, 0.717) is 6.42 Å². The zero-order valence-electron chi connectivity index (χ0n) is 10.7. The lowest BCUT2D eigenvalue weighted by molar-refractivity contribution is -0.117. The van der Waals surface area contributed by atoms with E-state index < -0.39 is 11.9 Å². The van der Waals surface area contributed by atoms with Crippen molar-refractivity contribution in [2.24, 2.45) is 5.73 Å². The Kier molecular flexibility index (Phi) is 4.17. The molecule has 0 spiro atoms. The minimum Gasteiger partial charge on any atom is -0.508 e. The van der Waals surface area contributed by atoms with Crippen molar-refractivity contribution in [2.45, 2.75) is 12.5 Å². The predicted molar refractivity (Wildman–Crippen MR) is 74.3 cm³/mol. The van der Waals surface area contributed by atoms with E-state index >= 15 is 0 Å². The molecule has 0 saturated carbocycles. The molecule has 2 rings (SSSR count). The van der Waals surface area contributed by atoms with Gasteiger partial charge in [-0.05, 0) is 36.2 Å². The minimum atomic E-state index is -0.777. The van der Waals surface area contributed by atoms with Gasteiger partial charge in [0.05, 0.1) is 6.04 Å². The number of rotatable bonds is 4. The molecule has 104 valence electrons. The smallest absolute Gasteiger partial charge is 0.242 e. The first-order chi connectivity index (χ1) is 9.56. The third kappa shape index (κ3) is 3.46. The highest BCUT2D eigenvalue weighted by Crippen LogP contribution is 2.18. The average molecular weight is 273 g/mol. The third-order valence-corrected chi connectivity index (χ3v) is 2.76. The van der Waals surface area contributed by atoms with Gasteiger partial charge in [0.2, 0.25) is 5.91 Å². The van der Waals surface area contributed by atoms with E-state index in [1.807, 2.05) is 0 Å². The number of aromatic nitrogens is 1. The van der Waals surface area contributed by atoms with Crippen molar-refractivity contribution >= 4 is 11.7 Å². The van der Waals surface area contributed by atoms with Crippen LogP contribution in [0.5, 0.6) is 11.5 Å². The summed E-state index contributed by atoms with van der Waals surface area (Å²) in [5.41, 5.74) is 6.63. The normalized spacial score (nSPS) is 11.8. The van der Waals surface area contributed by atoms with Crippen molar-refractivity contribution in [3.8, 4) is 11.5 Å². The predicted octanol–water partition coefficient (Wildman–Crippen LogP) is 1.00. The Balaban J connectivity index is 1.99. The number of nitrogens with one attached hydrogen (secondary N) is 1. The van der Waals surface area contributed by atoms with Crippen LogP contribution in [0.1, 0.15) is 5.56 Å². The van der Waals surface area contributed by atoms with Crippen LogP contribution >= 0.6 is 0 Å². The number of anilines is 1. The molecule has 5 N–H and O–H groups in total. The van der Waals surface area contributed by atoms with Gasteiger partial charge in [-0.1, -0.05) is 12.1 Å². The number of phenols is 1. The van der Waals surface area contributed by atoms with E-state index in [9.17, 15) is 15.0 Å². The van der Waals surface area contributed by atoms with Crippen LogP contribution in [-0.4, -0.2) is 27.1 Å². The molecule has 1 atom stereocenters. The van der Waals surface area contributed by atoms with Crippen LogP contribution in [0.4, 0.5) is 5.82 Å². The number of carbonyl (C=O) groups is 1. The van der Waals surface area contributed by atoms with E-state index in [0.717, 1.165) is 5.56 Å². The van der Waals surface area contributed by atoms with Crippen molar-refractivity contribution in [1.82, 2.24) is 4.98 Å². The van der Waals surface area contributed by atoms with Crippen LogP contribution in [0.15, 0.2) is 42.6 Å². The number of pyridine rings is 1. The van der Waals surface area contributed by atoms with Crippen LogP contribution in [0.2, 0.25) is 0 Å². The largest absolute Gasteiger partial charge is 0.508 e. The number of hydrogen-bond donors (Lipinski definition) is 4. The zero-order chi connectivity index (χ0) is 14.5. The molecule has 1 aromatic heterocycles. The molecule has 1 amide bonds. The van der Waals surface area contributed by atoms with E-state index in [4.69, 9.17) is 5.73 Å². The molecule has 0 radical (unpaired) electrons. The van der Waals surface area contributed by atoms with E-state index in [2.05, 4.69) is 10.3 Å². The first-order valence-corrected chi connectivity index (χ1v) is 6.04. The molecule has 0 aliphatic carbocycles. The van der Waals surface area contributed by atoms with Gasteiger partial charge in [0.1, 0.15) is 5.75 Å². The van der Waals surface area contributed by atoms with Crippen LogP contribution in [0, 0.1) is 0 Å². The SMILES string of the molecule is N[C@H](Cc1ccc(O)cc1)C(=O)Nc1ncccc1O. The Labute approximate surface area is 115 Å². The third-order valence-electron chi connectivity index (χ3n) is 2.76. The van der Waals surface area contributed by atoms with E-state index in [-0.39, 0.29) is 17.3 Å². The maximum Gasteiger partial charge on any atom is 0.242 e. The first kappa shape index (κ1) is 13.8. The minimum absolute atomic E-state index is 0.0821. The molecule has 20 heavy (non-hydrogen) atoms. The summed E-state index contributed by atoms with van der Waals surface area (Å²) in [5, 5.41) is 21.2. The number of nitrogens with two attached hydrogens (primary N) is 1. The van der Waals surface area contributed by atoms with Gasteiger partial charge in [-0.3, -0.25) is 4.79 Å². The highest BCUT2D eigenvalue weighted by Gasteiger charge is 2.16. The number of amides is 1. The Morgan fingerprint density at radius 2 is 1.95 bits per heavy atom. The van der Waals surface area contributed by atoms with Crippen molar-refractivity contribution in [2.75, 3.05) is 5.32 Å². The highest BCUT2D eigenvalue weighted by atomic mass is 16.3. The van der Waals surface area contributed by atoms with Crippen molar-refractivity contribution in [3.63, 3.8) is 0 Å². The summed E-state index contributed by atoms with van der Waals surface area (Å²) in [7, 11) is 0. The molecule has 1 aromatic carbocycles. The Morgan fingerprint density at radius 1 is 1.25 bits per heavy atom. The van der Waals surface area contributed by atoms with E-state index in [1.165, 1.54) is 24.4 Å². The molecule has 0 unspecified atom stereocenters. The molecule has 6 nitrogen and oxygen atoms in total. The van der Waals surface area contributed by atoms with Crippen molar-refractivity contribution in [1.29, 1.82) is 0 Å². The summed E-state index contributed by atoms with van der Waals surface area (Å²) in [6.07, 6.45) is 1.78. The summed E-state index contributed by atoms with van der Waals surface area (Å²) in [6.45, 7) is 0. The quantitative estimate of drug-likeness (QED) is 0.664. The Morgan fingerprint density at radius 3 is 2.60 bits per heavy atom. The molecule has 1 heterocycles. The van der Waals surface area contributed by atoms with Gasteiger partial charge in [-0.25, -0.2) is 4.98 Å². The zero-order valence-corrected chi connectivity index (χ0v) is 10.7. The molecule has 0 aliphatic rings. The first-order valence-electron chi connectivity index (χ1n) is 6.04. The van der Waals surface area contributed by atoms with Crippen molar-refractivity contribution < 1.29 is 15.0 Å². The van der Waals surface area contributed by atoms with Gasteiger partial charge >= 0.3 is 0 Å². The summed E-state index contributed by atoms with van der Waals surface area (Å²) in [6, 6.07) is 8.66. The number of phenolic OH excluding ortho intramolecular Hbond substituents is 1. The summed E-state index contributed by atoms with van der Waals surface area (Å²) in [5.74, 6) is -0.311. The highest BCUT2D eigenvalue weighted by molar-refractivity contribution is 5.95. The second kappa shape index (κ2) is 6.03. The molecule has 0 aliphatic heterocycles. The second-order valence-electron chi connectivity index (χ2n) is 4.34. The molecular formula is C14H15N3O3. The van der Waals surface area contributed by atoms with Gasteiger partial charge in [0.25, 0.3) is 0 Å². The summed E-state index contributed by atoms with van der Waals surface area (Å²) >= 11 is 0. The standard InChI is InChI=1S/C14H15N3O3/c15-11(8-9-3-5-10(18)6-4-9)14(20)17-13-12(19)2-1-7-16-13/h1-7,11,18-19H,8,15H2,(H,16,17,20)/t11-/m1/s1. The fourth-order valence-corrected chi connectivity index (χ4v) is 1.68. The lowest BCUT2D eigenvalue weighted by atomic mass is 10.1.